The Kier molecular flexibility index (Phi) is 2.35. The molecule has 0 saturated carbocycles. The third-order valence-corrected chi connectivity index (χ3v) is 3.34. The monoisotopic (exact) mass is 261 g/mol. The van der Waals surface area contributed by atoms with Gasteiger partial charge in [0.15, 0.2) is 0 Å². The fourth-order valence-corrected chi connectivity index (χ4v) is 2.43. The Hall–Kier alpha value is -2.95. The lowest BCUT2D eigenvalue weighted by atomic mass is 9.96. The van der Waals surface area contributed by atoms with Crippen LogP contribution in [0.5, 0.6) is 0 Å². The summed E-state index contributed by atoms with van der Waals surface area (Å²) in [7, 11) is 0. The smallest absolute Gasteiger partial charge is 0.122 e. The molecule has 0 unspecified atom stereocenters. The van der Waals surface area contributed by atoms with E-state index in [1.807, 2.05) is 36.5 Å². The predicted octanol–water partition coefficient (Wildman–Crippen LogP) is 3.01. The lowest BCUT2D eigenvalue weighted by Gasteiger charge is -2.08. The molecule has 96 valence electrons. The molecule has 4 aromatic rings. The maximum absolute atomic E-state index is 4.30. The van der Waals surface area contributed by atoms with E-state index in [1.54, 1.807) is 0 Å². The summed E-state index contributed by atoms with van der Waals surface area (Å²) < 4.78 is 0. The van der Waals surface area contributed by atoms with E-state index in [1.165, 1.54) is 0 Å². The van der Waals surface area contributed by atoms with E-state index in [0.717, 1.165) is 33.4 Å². The van der Waals surface area contributed by atoms with E-state index in [4.69, 9.17) is 0 Å². The summed E-state index contributed by atoms with van der Waals surface area (Å²) in [4.78, 5) is 0. The van der Waals surface area contributed by atoms with Crippen molar-refractivity contribution in [1.29, 1.82) is 0 Å². The van der Waals surface area contributed by atoms with Crippen LogP contribution in [0.1, 0.15) is 0 Å². The van der Waals surface area contributed by atoms with Gasteiger partial charge in [-0.2, -0.15) is 5.10 Å². The number of rotatable bonds is 2. The largest absolute Gasteiger partial charge is 0.285 e. The van der Waals surface area contributed by atoms with Gasteiger partial charge in [-0.3, -0.25) is 10.2 Å². The van der Waals surface area contributed by atoms with Crippen molar-refractivity contribution in [2.45, 2.75) is 0 Å². The summed E-state index contributed by atoms with van der Waals surface area (Å²) in [5.74, 6) is 0. The third kappa shape index (κ3) is 1.60. The number of aromatic nitrogens is 5. The molecule has 0 radical (unpaired) electrons. The number of nitrogens with one attached hydrogen (secondary N) is 2. The Morgan fingerprint density at radius 1 is 0.900 bits per heavy atom. The molecule has 0 amide bonds. The van der Waals surface area contributed by atoms with Crippen molar-refractivity contribution in [2.75, 3.05) is 0 Å². The number of nitrogens with zero attached hydrogens (tertiary/aromatic N) is 3. The molecule has 0 aliphatic carbocycles. The Balaban J connectivity index is 2.08. The average molecular weight is 261 g/mol. The average Bonchev–Trinajstić information content (AvgIpc) is 3.18. The zero-order valence-electron chi connectivity index (χ0n) is 10.5. The molecule has 2 aromatic heterocycles. The van der Waals surface area contributed by atoms with Crippen molar-refractivity contribution in [3.05, 3.63) is 54.7 Å². The highest BCUT2D eigenvalue weighted by Gasteiger charge is 2.15. The number of hydrogen-bond acceptors (Lipinski definition) is 3. The van der Waals surface area contributed by atoms with Crippen LogP contribution in [-0.4, -0.2) is 25.6 Å². The van der Waals surface area contributed by atoms with Crippen LogP contribution >= 0.6 is 0 Å². The molecule has 0 bridgehead atoms. The first-order valence-corrected chi connectivity index (χ1v) is 6.33. The van der Waals surface area contributed by atoms with E-state index in [-0.39, 0.29) is 0 Å². The summed E-state index contributed by atoms with van der Waals surface area (Å²) in [5, 5.41) is 18.1. The number of H-pyrrole nitrogens is 2. The van der Waals surface area contributed by atoms with Crippen molar-refractivity contribution in [2.24, 2.45) is 0 Å². The number of aromatic amines is 2. The van der Waals surface area contributed by atoms with Gasteiger partial charge in [-0.1, -0.05) is 41.6 Å². The van der Waals surface area contributed by atoms with Gasteiger partial charge in [0.1, 0.15) is 5.52 Å². The molecule has 0 saturated heterocycles. The van der Waals surface area contributed by atoms with Crippen LogP contribution < -0.4 is 0 Å². The van der Waals surface area contributed by atoms with Crippen molar-refractivity contribution in [3.63, 3.8) is 0 Å². The van der Waals surface area contributed by atoms with Crippen molar-refractivity contribution < 1.29 is 0 Å². The van der Waals surface area contributed by atoms with Gasteiger partial charge in [0.05, 0.1) is 11.2 Å². The Morgan fingerprint density at radius 3 is 2.60 bits per heavy atom. The molecular formula is C15H11N5. The quantitative estimate of drug-likeness (QED) is 0.582. The Labute approximate surface area is 114 Å². The molecule has 2 aromatic carbocycles. The number of fused-ring (bicyclic) bond motifs is 1. The summed E-state index contributed by atoms with van der Waals surface area (Å²) >= 11 is 0. The van der Waals surface area contributed by atoms with E-state index in [2.05, 4.69) is 43.8 Å². The number of hydrogen-bond donors (Lipinski definition) is 2. The van der Waals surface area contributed by atoms with Gasteiger partial charge >= 0.3 is 0 Å². The fourth-order valence-electron chi connectivity index (χ4n) is 2.43. The molecule has 5 heteroatoms. The minimum Gasteiger partial charge on any atom is -0.285 e. The van der Waals surface area contributed by atoms with E-state index < -0.39 is 0 Å². The molecule has 5 nitrogen and oxygen atoms in total. The summed E-state index contributed by atoms with van der Waals surface area (Å²) in [6.45, 7) is 0. The second-order valence-electron chi connectivity index (χ2n) is 4.52. The van der Waals surface area contributed by atoms with Crippen molar-refractivity contribution >= 4 is 11.0 Å². The van der Waals surface area contributed by atoms with Crippen LogP contribution in [0.2, 0.25) is 0 Å². The minimum atomic E-state index is 0.832. The molecule has 0 aliphatic rings. The fraction of sp³-hybridized carbons (Fsp3) is 0. The summed E-state index contributed by atoms with van der Waals surface area (Å²) in [6, 6.07) is 16.2. The zero-order chi connectivity index (χ0) is 13.4. The second-order valence-corrected chi connectivity index (χ2v) is 4.52. The van der Waals surface area contributed by atoms with Crippen molar-refractivity contribution in [3.8, 4) is 22.4 Å². The van der Waals surface area contributed by atoms with E-state index in [0.29, 0.717) is 0 Å². The topological polar surface area (TPSA) is 70.2 Å². The second kappa shape index (κ2) is 4.31. The molecule has 20 heavy (non-hydrogen) atoms. The molecule has 0 fully saturated rings. The Bertz CT molecular complexity index is 847. The van der Waals surface area contributed by atoms with Crippen molar-refractivity contribution in [1.82, 2.24) is 25.6 Å². The van der Waals surface area contributed by atoms with Gasteiger partial charge in [0.2, 0.25) is 0 Å². The first kappa shape index (κ1) is 10.9. The standard InChI is InChI=1S/C15H11N5/c1-2-4-10(5-3-1)11-6-7-13-15(19-20-18-13)14(11)12-8-9-16-17-12/h1-9H,(H,16,17)(H,18,19,20). The summed E-state index contributed by atoms with van der Waals surface area (Å²) in [5.41, 5.74) is 5.82. The zero-order valence-corrected chi connectivity index (χ0v) is 10.5. The van der Waals surface area contributed by atoms with Gasteiger partial charge in [-0.25, -0.2) is 0 Å². The molecule has 2 heterocycles. The lowest BCUT2D eigenvalue weighted by Crippen LogP contribution is -1.88. The van der Waals surface area contributed by atoms with Gasteiger partial charge < -0.3 is 0 Å². The highest BCUT2D eigenvalue weighted by Crippen LogP contribution is 2.35. The lowest BCUT2D eigenvalue weighted by molar-refractivity contribution is 0.959. The maximum Gasteiger partial charge on any atom is 0.122 e. The first-order chi connectivity index (χ1) is 9.93. The molecule has 0 aliphatic heterocycles. The van der Waals surface area contributed by atoms with E-state index >= 15 is 0 Å². The van der Waals surface area contributed by atoms with Gasteiger partial charge in [-0.15, -0.1) is 5.10 Å². The van der Waals surface area contributed by atoms with Crippen LogP contribution in [-0.2, 0) is 0 Å². The molecule has 0 atom stereocenters. The first-order valence-electron chi connectivity index (χ1n) is 6.33. The molecule has 2 N–H and O–H groups in total. The summed E-state index contributed by atoms with van der Waals surface area (Å²) in [6.07, 6.45) is 1.81. The van der Waals surface area contributed by atoms with Crippen LogP contribution in [0.15, 0.2) is 54.7 Å². The van der Waals surface area contributed by atoms with Gasteiger partial charge in [0, 0.05) is 11.8 Å². The number of benzene rings is 2. The SMILES string of the molecule is c1ccc(-c2ccc3[nH]nnc3c2-c2cc[nH]n2)cc1. The molecule has 0 spiro atoms. The third-order valence-electron chi connectivity index (χ3n) is 3.34. The molecular weight excluding hydrogens is 250 g/mol. The normalized spacial score (nSPS) is 11.0. The van der Waals surface area contributed by atoms with E-state index in [9.17, 15) is 0 Å². The van der Waals surface area contributed by atoms with Crippen LogP contribution in [0.4, 0.5) is 0 Å². The van der Waals surface area contributed by atoms with Crippen LogP contribution in [0, 0.1) is 0 Å². The molecule has 4 rings (SSSR count). The predicted molar refractivity (Wildman–Crippen MR) is 76.9 cm³/mol. The van der Waals surface area contributed by atoms with Crippen LogP contribution in [0.25, 0.3) is 33.4 Å². The highest BCUT2D eigenvalue weighted by atomic mass is 15.3. The minimum absolute atomic E-state index is 0.832. The van der Waals surface area contributed by atoms with Gasteiger partial charge in [0.25, 0.3) is 0 Å². The highest BCUT2D eigenvalue weighted by molar-refractivity contribution is 5.99. The van der Waals surface area contributed by atoms with Gasteiger partial charge in [-0.05, 0) is 23.3 Å². The maximum atomic E-state index is 4.30. The van der Waals surface area contributed by atoms with Crippen LogP contribution in [0.3, 0.4) is 0 Å². The Morgan fingerprint density at radius 2 is 1.80 bits per heavy atom.